The van der Waals surface area contributed by atoms with Gasteiger partial charge in [-0.1, -0.05) is 5.11 Å². The topological polar surface area (TPSA) is 69.0 Å². The fourth-order valence-electron chi connectivity index (χ4n) is 1.39. The number of hydrogen-bond acceptors (Lipinski definition) is 2. The average molecular weight is 299 g/mol. The zero-order chi connectivity index (χ0) is 15.6. The van der Waals surface area contributed by atoms with E-state index in [0.29, 0.717) is 12.1 Å². The Hall–Kier alpha value is -1.93. The van der Waals surface area contributed by atoms with E-state index in [2.05, 4.69) is 10.0 Å². The number of rotatable bonds is 3. The first kappa shape index (κ1) is 16.1. The summed E-state index contributed by atoms with van der Waals surface area (Å²) in [5.74, 6) is 0. The van der Waals surface area contributed by atoms with Gasteiger partial charge in [0.05, 0.1) is 23.8 Å². The molecular weight excluding hydrogens is 292 g/mol. The third kappa shape index (κ3) is 4.04. The van der Waals surface area contributed by atoms with Crippen LogP contribution in [0.1, 0.15) is 22.8 Å². The number of hydrogen-bond donors (Lipinski definition) is 1. The molecule has 0 aliphatic carbocycles. The van der Waals surface area contributed by atoms with Crippen molar-refractivity contribution in [1.82, 2.24) is 0 Å². The summed E-state index contributed by atoms with van der Waals surface area (Å²) in [6.45, 7) is -0.672. The predicted molar refractivity (Wildman–Crippen MR) is 55.4 cm³/mol. The molecule has 0 heterocycles. The van der Waals surface area contributed by atoms with Crippen molar-refractivity contribution < 1.29 is 31.4 Å². The highest BCUT2D eigenvalue weighted by Crippen LogP contribution is 2.37. The van der Waals surface area contributed by atoms with Crippen LogP contribution >= 0.6 is 0 Å². The number of azide groups is 1. The smallest absolute Gasteiger partial charge is 0.388 e. The van der Waals surface area contributed by atoms with Crippen molar-refractivity contribution in [2.45, 2.75) is 18.5 Å². The molecule has 0 aromatic heterocycles. The zero-order valence-electron chi connectivity index (χ0n) is 9.57. The molecule has 1 rings (SSSR count). The Morgan fingerprint density at radius 2 is 1.50 bits per heavy atom. The van der Waals surface area contributed by atoms with Gasteiger partial charge in [-0.2, -0.15) is 26.3 Å². The van der Waals surface area contributed by atoms with Gasteiger partial charge in [0.15, 0.2) is 0 Å². The maximum atomic E-state index is 12.5. The molecule has 0 spiro atoms. The Kier molecular flexibility index (Phi) is 4.51. The van der Waals surface area contributed by atoms with Crippen LogP contribution in [0.2, 0.25) is 0 Å². The first-order valence-electron chi connectivity index (χ1n) is 5.04. The molecule has 0 radical (unpaired) electrons. The molecule has 0 unspecified atom stereocenters. The summed E-state index contributed by atoms with van der Waals surface area (Å²) in [6.07, 6.45) is -11.7. The Balaban J connectivity index is 3.34. The van der Waals surface area contributed by atoms with E-state index < -0.39 is 41.7 Å². The van der Waals surface area contributed by atoms with Gasteiger partial charge in [-0.05, 0) is 29.3 Å². The number of aliphatic hydroxyl groups excluding tert-OH is 1. The summed E-state index contributed by atoms with van der Waals surface area (Å²) in [6, 6.07) is 0.712. The van der Waals surface area contributed by atoms with Crippen LogP contribution in [0.25, 0.3) is 10.4 Å². The van der Waals surface area contributed by atoms with Crippen LogP contribution in [-0.2, 0) is 12.4 Å². The Morgan fingerprint density at radius 3 is 1.85 bits per heavy atom. The van der Waals surface area contributed by atoms with Gasteiger partial charge in [0.25, 0.3) is 0 Å². The average Bonchev–Trinajstić information content (AvgIpc) is 2.33. The van der Waals surface area contributed by atoms with Gasteiger partial charge in [-0.3, -0.25) is 0 Å². The normalized spacial score (nSPS) is 13.8. The van der Waals surface area contributed by atoms with Crippen LogP contribution in [0, 0.1) is 0 Å². The van der Waals surface area contributed by atoms with Crippen molar-refractivity contribution in [2.75, 3.05) is 6.54 Å². The molecule has 0 aliphatic heterocycles. The molecule has 0 aliphatic rings. The van der Waals surface area contributed by atoms with Gasteiger partial charge in [0, 0.05) is 4.91 Å². The van der Waals surface area contributed by atoms with E-state index in [1.54, 1.807) is 0 Å². The van der Waals surface area contributed by atoms with E-state index in [4.69, 9.17) is 5.53 Å². The molecule has 0 bridgehead atoms. The van der Waals surface area contributed by atoms with Crippen LogP contribution in [0.4, 0.5) is 26.3 Å². The lowest BCUT2D eigenvalue weighted by molar-refractivity contribution is -0.143. The van der Waals surface area contributed by atoms with Crippen molar-refractivity contribution >= 4 is 0 Å². The number of nitrogens with zero attached hydrogens (tertiary/aromatic N) is 3. The second kappa shape index (κ2) is 5.59. The highest BCUT2D eigenvalue weighted by atomic mass is 19.4. The third-order valence-electron chi connectivity index (χ3n) is 2.31. The zero-order valence-corrected chi connectivity index (χ0v) is 9.57. The van der Waals surface area contributed by atoms with Crippen LogP contribution in [-0.4, -0.2) is 11.7 Å². The fourth-order valence-corrected chi connectivity index (χ4v) is 1.39. The second-order valence-corrected chi connectivity index (χ2v) is 3.77. The molecule has 0 amide bonds. The Labute approximate surface area is 108 Å². The molecule has 110 valence electrons. The fraction of sp³-hybridized carbons (Fsp3) is 0.400. The minimum atomic E-state index is -4.99. The number of alkyl halides is 6. The lowest BCUT2D eigenvalue weighted by atomic mass is 10.0. The van der Waals surface area contributed by atoms with Crippen molar-refractivity contribution in [3.8, 4) is 0 Å². The predicted octanol–water partition coefficient (Wildman–Crippen LogP) is 4.07. The maximum Gasteiger partial charge on any atom is 0.416 e. The summed E-state index contributed by atoms with van der Waals surface area (Å²) >= 11 is 0. The van der Waals surface area contributed by atoms with E-state index >= 15 is 0 Å². The largest absolute Gasteiger partial charge is 0.416 e. The highest BCUT2D eigenvalue weighted by Gasteiger charge is 2.37. The molecule has 0 saturated heterocycles. The second-order valence-electron chi connectivity index (χ2n) is 3.77. The summed E-state index contributed by atoms with van der Waals surface area (Å²) in [5.41, 5.74) is 4.31. The quantitative estimate of drug-likeness (QED) is 0.389. The molecular formula is C10H7F6N3O. The van der Waals surface area contributed by atoms with Crippen molar-refractivity contribution in [1.29, 1.82) is 0 Å². The van der Waals surface area contributed by atoms with Crippen molar-refractivity contribution in [3.63, 3.8) is 0 Å². The van der Waals surface area contributed by atoms with Crippen LogP contribution in [0.3, 0.4) is 0 Å². The van der Waals surface area contributed by atoms with Crippen LogP contribution < -0.4 is 0 Å². The van der Waals surface area contributed by atoms with Crippen LogP contribution in [0.15, 0.2) is 23.3 Å². The summed E-state index contributed by atoms with van der Waals surface area (Å²) < 4.78 is 75.1. The molecule has 0 saturated carbocycles. The summed E-state index contributed by atoms with van der Waals surface area (Å²) in [7, 11) is 0. The van der Waals surface area contributed by atoms with Gasteiger partial charge < -0.3 is 5.11 Å². The van der Waals surface area contributed by atoms with E-state index in [0.717, 1.165) is 0 Å². The molecule has 1 N–H and O–H groups in total. The van der Waals surface area contributed by atoms with Crippen LogP contribution in [0.5, 0.6) is 0 Å². The van der Waals surface area contributed by atoms with Crippen molar-refractivity contribution in [3.05, 3.63) is 45.3 Å². The maximum absolute atomic E-state index is 12.5. The summed E-state index contributed by atoms with van der Waals surface area (Å²) in [5, 5.41) is 12.3. The highest BCUT2D eigenvalue weighted by molar-refractivity contribution is 5.34. The Morgan fingerprint density at radius 1 is 1.05 bits per heavy atom. The van der Waals surface area contributed by atoms with Gasteiger partial charge in [0.2, 0.25) is 0 Å². The number of aliphatic hydroxyl groups is 1. The molecule has 4 nitrogen and oxygen atoms in total. The van der Waals surface area contributed by atoms with E-state index in [1.165, 1.54) is 0 Å². The molecule has 10 heteroatoms. The molecule has 1 aromatic carbocycles. The van der Waals surface area contributed by atoms with Gasteiger partial charge in [0.1, 0.15) is 0 Å². The lowest BCUT2D eigenvalue weighted by Crippen LogP contribution is -2.13. The molecule has 20 heavy (non-hydrogen) atoms. The van der Waals surface area contributed by atoms with Crippen molar-refractivity contribution in [2.24, 2.45) is 5.11 Å². The van der Waals surface area contributed by atoms with Gasteiger partial charge >= 0.3 is 12.4 Å². The van der Waals surface area contributed by atoms with E-state index in [9.17, 15) is 31.4 Å². The van der Waals surface area contributed by atoms with E-state index in [1.807, 2.05) is 0 Å². The Bertz CT molecular complexity index is 501. The standard InChI is InChI=1S/C10H7F6N3O/c11-9(12,13)6-1-5(8(20)4-18-19-17)2-7(3-6)10(14,15)16/h1-3,8,20H,4H2/t8-/m0/s1. The minimum Gasteiger partial charge on any atom is -0.388 e. The summed E-state index contributed by atoms with van der Waals surface area (Å²) in [4.78, 5) is 2.26. The number of benzene rings is 1. The van der Waals surface area contributed by atoms with Gasteiger partial charge in [-0.25, -0.2) is 0 Å². The SMILES string of the molecule is [N-]=[N+]=NC[C@H](O)c1cc(C(F)(F)F)cc(C(F)(F)F)c1. The number of halogens is 6. The lowest BCUT2D eigenvalue weighted by Gasteiger charge is -2.16. The first-order valence-corrected chi connectivity index (χ1v) is 5.04. The monoisotopic (exact) mass is 299 g/mol. The molecule has 0 fully saturated rings. The van der Waals surface area contributed by atoms with E-state index in [-0.39, 0.29) is 6.07 Å². The molecule has 1 atom stereocenters. The van der Waals surface area contributed by atoms with Gasteiger partial charge in [-0.15, -0.1) is 0 Å². The molecule has 1 aromatic rings. The first-order chi connectivity index (χ1) is 9.05. The minimum absolute atomic E-state index is 0.0518. The third-order valence-corrected chi connectivity index (χ3v) is 2.31.